The minimum Gasteiger partial charge on any atom is -0.0622 e. The Morgan fingerprint density at radius 2 is 0.261 bits per heavy atom. The average Bonchev–Trinajstić information content (AvgIpc) is 1.74. The summed E-state index contributed by atoms with van der Waals surface area (Å²) in [6, 6.07) is 146. The summed E-state index contributed by atoms with van der Waals surface area (Å²) in [7, 11) is -1.78. The van der Waals surface area contributed by atoms with Crippen molar-refractivity contribution in [3.8, 4) is 0 Å². The van der Waals surface area contributed by atoms with Gasteiger partial charge in [0.25, 0.3) is 0 Å². The first-order chi connectivity index (χ1) is 45.6. The van der Waals surface area contributed by atoms with Crippen LogP contribution in [0.25, 0.3) is 21.5 Å². The van der Waals surface area contributed by atoms with Crippen LogP contribution in [0.4, 0.5) is 0 Å². The van der Waals surface area contributed by atoms with Gasteiger partial charge in [0.15, 0.2) is 0 Å². The van der Waals surface area contributed by atoms with E-state index in [9.17, 15) is 0 Å². The second-order valence-electron chi connectivity index (χ2n) is 21.4. The quantitative estimate of drug-likeness (QED) is 0.0845. The maximum absolute atomic E-state index is 3.72. The molecule has 0 aliphatic carbocycles. The van der Waals surface area contributed by atoms with Crippen molar-refractivity contribution in [3.05, 3.63) is 423 Å². The van der Waals surface area contributed by atoms with Crippen LogP contribution >= 0.6 is 47.6 Å². The van der Waals surface area contributed by atoms with E-state index in [0.717, 1.165) is 0 Å². The standard InChI is InChI=1S/4C18H15P.C15H11Br/c4*1-4-10-16(11-5-1)19(17-12-6-2-7-13-17)18-14-8-3-9-15-18;1-10-11-6-2-4-8-13(11)15(16)14-9-5-3-7-12(10)14/h4*1-15H;2-9H,1H3. The first-order valence-corrected chi connectivity index (χ1v) is 37.1. The second-order valence-corrected chi connectivity index (χ2v) is 31.1. The zero-order valence-corrected chi connectivity index (χ0v) is 56.6. The molecule has 0 aliphatic rings. The molecule has 0 aliphatic heterocycles. The monoisotopic (exact) mass is 1320 g/mol. The van der Waals surface area contributed by atoms with Crippen LogP contribution in [0.3, 0.4) is 0 Å². The van der Waals surface area contributed by atoms with Crippen molar-refractivity contribution in [2.45, 2.75) is 6.92 Å². The SMILES string of the molecule is Cc1c2ccccc2c(Br)c2ccccc12.c1ccc(P(c2ccccc2)c2ccccc2)cc1.c1ccc(P(c2ccccc2)c2ccccc2)cc1.c1ccc(P(c2ccccc2)c2ccccc2)cc1.c1ccc(P(c2ccccc2)c2ccccc2)cc1. The van der Waals surface area contributed by atoms with Gasteiger partial charge in [-0.05, 0) is 145 Å². The van der Waals surface area contributed by atoms with E-state index in [1.54, 1.807) is 0 Å². The molecule has 0 radical (unpaired) electrons. The van der Waals surface area contributed by atoms with E-state index < -0.39 is 31.7 Å². The molecule has 0 unspecified atom stereocenters. The van der Waals surface area contributed by atoms with Crippen molar-refractivity contribution < 1.29 is 0 Å². The lowest BCUT2D eigenvalue weighted by molar-refractivity contribution is 1.57. The Balaban J connectivity index is 0.000000118. The number of fused-ring (bicyclic) bond motifs is 2. The summed E-state index contributed by atoms with van der Waals surface area (Å²) in [5.41, 5.74) is 1.36. The van der Waals surface area contributed by atoms with Crippen LogP contribution < -0.4 is 63.7 Å². The van der Waals surface area contributed by atoms with E-state index in [1.165, 1.54) is 95.2 Å². The van der Waals surface area contributed by atoms with Crippen LogP contribution in [0.5, 0.6) is 0 Å². The van der Waals surface area contributed by atoms with E-state index in [-0.39, 0.29) is 0 Å². The fourth-order valence-corrected chi connectivity index (χ4v) is 20.9. The minimum absolute atomic E-state index is 0.446. The Kier molecular flexibility index (Phi) is 24.2. The predicted octanol–water partition coefficient (Wildman–Crippen LogP) is 18.8. The number of halogens is 1. The van der Waals surface area contributed by atoms with Crippen LogP contribution in [0.1, 0.15) is 5.56 Å². The highest BCUT2D eigenvalue weighted by molar-refractivity contribution is 9.10. The normalized spacial score (nSPS) is 10.7. The number of aryl methyl sites for hydroxylation is 1. The predicted molar refractivity (Wildman–Crippen MR) is 414 cm³/mol. The molecular weight excluding hydrogens is 1250 g/mol. The van der Waals surface area contributed by atoms with E-state index in [0.29, 0.717) is 0 Å². The van der Waals surface area contributed by atoms with Gasteiger partial charge in [0.2, 0.25) is 0 Å². The summed E-state index contributed by atoms with van der Waals surface area (Å²) in [6.07, 6.45) is 0. The minimum atomic E-state index is -0.446. The van der Waals surface area contributed by atoms with Crippen molar-refractivity contribution >= 4 is 133 Å². The summed E-state index contributed by atoms with van der Waals surface area (Å²) in [5, 5.41) is 22.0. The van der Waals surface area contributed by atoms with Crippen molar-refractivity contribution in [1.29, 1.82) is 0 Å². The lowest BCUT2D eigenvalue weighted by Crippen LogP contribution is -2.20. The number of benzene rings is 15. The Morgan fingerprint density at radius 1 is 0.152 bits per heavy atom. The van der Waals surface area contributed by atoms with Crippen molar-refractivity contribution in [2.24, 2.45) is 0 Å². The number of rotatable bonds is 12. The topological polar surface area (TPSA) is 0 Å². The molecule has 446 valence electrons. The highest BCUT2D eigenvalue weighted by atomic mass is 79.9. The van der Waals surface area contributed by atoms with Gasteiger partial charge in [-0.15, -0.1) is 0 Å². The van der Waals surface area contributed by atoms with E-state index in [4.69, 9.17) is 0 Å². The third kappa shape index (κ3) is 17.3. The van der Waals surface area contributed by atoms with Crippen LogP contribution in [0.15, 0.2) is 417 Å². The highest BCUT2D eigenvalue weighted by Gasteiger charge is 2.19. The molecule has 0 atom stereocenters. The lowest BCUT2D eigenvalue weighted by atomic mass is 9.98. The Bertz CT molecular complexity index is 3580. The fraction of sp³-hybridized carbons (Fsp3) is 0.0115. The molecule has 0 heterocycles. The van der Waals surface area contributed by atoms with E-state index in [2.05, 4.69) is 435 Å². The molecule has 0 aromatic heterocycles. The van der Waals surface area contributed by atoms with Gasteiger partial charge in [0.05, 0.1) is 0 Å². The van der Waals surface area contributed by atoms with Gasteiger partial charge in [-0.1, -0.05) is 413 Å². The van der Waals surface area contributed by atoms with Crippen LogP contribution in [-0.4, -0.2) is 0 Å². The molecule has 0 bridgehead atoms. The molecule has 0 nitrogen and oxygen atoms in total. The summed E-state index contributed by atoms with van der Waals surface area (Å²) < 4.78 is 1.20. The van der Waals surface area contributed by atoms with Gasteiger partial charge in [-0.25, -0.2) is 0 Å². The second kappa shape index (κ2) is 34.4. The molecule has 0 fully saturated rings. The third-order valence-corrected chi connectivity index (χ3v) is 25.9. The molecule has 0 saturated carbocycles. The van der Waals surface area contributed by atoms with Gasteiger partial charge < -0.3 is 0 Å². The third-order valence-electron chi connectivity index (χ3n) is 15.3. The molecule has 92 heavy (non-hydrogen) atoms. The van der Waals surface area contributed by atoms with E-state index >= 15 is 0 Å². The molecule has 0 spiro atoms. The Hall–Kier alpha value is -8.98. The molecule has 0 N–H and O–H groups in total. The van der Waals surface area contributed by atoms with Gasteiger partial charge >= 0.3 is 0 Å². The van der Waals surface area contributed by atoms with Crippen molar-refractivity contribution in [2.75, 3.05) is 0 Å². The Labute approximate surface area is 558 Å². The molecule has 15 aromatic rings. The maximum atomic E-state index is 3.72. The average molecular weight is 1320 g/mol. The van der Waals surface area contributed by atoms with Crippen LogP contribution in [-0.2, 0) is 0 Å². The van der Waals surface area contributed by atoms with Crippen LogP contribution in [0.2, 0.25) is 0 Å². The molecule has 15 aromatic carbocycles. The van der Waals surface area contributed by atoms with Gasteiger partial charge in [-0.3, -0.25) is 0 Å². The Morgan fingerprint density at radius 3 is 0.391 bits per heavy atom. The largest absolute Gasteiger partial charge is 0.0622 e. The zero-order chi connectivity index (χ0) is 62.8. The van der Waals surface area contributed by atoms with Crippen molar-refractivity contribution in [1.82, 2.24) is 0 Å². The van der Waals surface area contributed by atoms with E-state index in [1.807, 2.05) is 0 Å². The van der Waals surface area contributed by atoms with Gasteiger partial charge in [0, 0.05) is 4.47 Å². The first kappa shape index (κ1) is 64.5. The summed E-state index contributed by atoms with van der Waals surface area (Å²) in [6.45, 7) is 2.19. The molecule has 0 saturated heterocycles. The summed E-state index contributed by atoms with van der Waals surface area (Å²) in [4.78, 5) is 0. The first-order valence-electron chi connectivity index (χ1n) is 31.0. The molecule has 0 amide bonds. The molecular formula is C87H71BrP4. The smallest absolute Gasteiger partial charge is 0.0332 e. The number of hydrogen-bond acceptors (Lipinski definition) is 0. The molecule has 5 heteroatoms. The molecule has 15 rings (SSSR count). The lowest BCUT2D eigenvalue weighted by Gasteiger charge is -2.18. The summed E-state index contributed by atoms with van der Waals surface area (Å²) >= 11 is 3.72. The number of hydrogen-bond donors (Lipinski definition) is 0. The highest BCUT2D eigenvalue weighted by Crippen LogP contribution is 2.38. The van der Waals surface area contributed by atoms with Gasteiger partial charge in [-0.2, -0.15) is 0 Å². The maximum Gasteiger partial charge on any atom is 0.0332 e. The zero-order valence-electron chi connectivity index (χ0n) is 51.4. The fourth-order valence-electron chi connectivity index (χ4n) is 11.0. The summed E-state index contributed by atoms with van der Waals surface area (Å²) in [5.74, 6) is 0. The van der Waals surface area contributed by atoms with Crippen molar-refractivity contribution in [3.63, 3.8) is 0 Å². The van der Waals surface area contributed by atoms with Gasteiger partial charge in [0.1, 0.15) is 0 Å². The van der Waals surface area contributed by atoms with Crippen LogP contribution in [0, 0.1) is 6.92 Å².